The van der Waals surface area contributed by atoms with E-state index in [4.69, 9.17) is 4.74 Å². The van der Waals surface area contributed by atoms with Gasteiger partial charge in [-0.1, -0.05) is 24.3 Å². The number of rotatable bonds is 6. The minimum atomic E-state index is -4.45. The number of halogens is 3. The fourth-order valence-corrected chi connectivity index (χ4v) is 3.68. The second kappa shape index (κ2) is 10.2. The van der Waals surface area contributed by atoms with E-state index in [1.165, 1.54) is 35.6 Å². The van der Waals surface area contributed by atoms with Gasteiger partial charge in [-0.15, -0.1) is 0 Å². The van der Waals surface area contributed by atoms with Gasteiger partial charge in [0.25, 0.3) is 5.91 Å². The number of aliphatic hydroxyl groups is 1. The molecule has 2 N–H and O–H groups in total. The molecule has 35 heavy (non-hydrogen) atoms. The Balaban J connectivity index is 1.46. The monoisotopic (exact) mass is 486 g/mol. The van der Waals surface area contributed by atoms with Gasteiger partial charge < -0.3 is 20.1 Å². The number of anilines is 1. The third kappa shape index (κ3) is 5.81. The molecule has 1 saturated heterocycles. The predicted octanol–water partition coefficient (Wildman–Crippen LogP) is 3.21. The second-order valence-corrected chi connectivity index (χ2v) is 7.91. The standard InChI is InChI=1S/C24H21F3N4O4/c25-24(26,27)17-5-1-15(2-6-17)12-31-20(13-35-14-21(31)32)22(33)16-3-7-18(8-4-16)30-23(34)19-11-28-9-10-29-19/h1-11,20,22,33H,12-14H2,(H,30,34)/t20-,22-/m1/s1. The van der Waals surface area contributed by atoms with Crippen molar-refractivity contribution < 1.29 is 32.6 Å². The van der Waals surface area contributed by atoms with Crippen molar-refractivity contribution in [3.8, 4) is 0 Å². The Morgan fingerprint density at radius 1 is 1.14 bits per heavy atom. The molecule has 0 bridgehead atoms. The Morgan fingerprint density at radius 2 is 1.86 bits per heavy atom. The van der Waals surface area contributed by atoms with E-state index in [0.717, 1.165) is 12.1 Å². The van der Waals surface area contributed by atoms with E-state index in [0.29, 0.717) is 16.8 Å². The predicted molar refractivity (Wildman–Crippen MR) is 118 cm³/mol. The molecule has 182 valence electrons. The van der Waals surface area contributed by atoms with Crippen molar-refractivity contribution >= 4 is 17.5 Å². The van der Waals surface area contributed by atoms with E-state index < -0.39 is 29.8 Å². The van der Waals surface area contributed by atoms with Gasteiger partial charge in [-0.05, 0) is 35.4 Å². The van der Waals surface area contributed by atoms with Crippen molar-refractivity contribution in [2.45, 2.75) is 24.9 Å². The number of benzene rings is 2. The Labute approximate surface area is 198 Å². The van der Waals surface area contributed by atoms with Crippen LogP contribution in [0.3, 0.4) is 0 Å². The number of aromatic nitrogens is 2. The molecule has 0 spiro atoms. The Morgan fingerprint density at radius 3 is 2.49 bits per heavy atom. The molecular weight excluding hydrogens is 465 g/mol. The maximum absolute atomic E-state index is 12.8. The Bertz CT molecular complexity index is 1170. The molecule has 8 nitrogen and oxygen atoms in total. The van der Waals surface area contributed by atoms with Crippen molar-refractivity contribution in [2.24, 2.45) is 0 Å². The molecule has 1 aliphatic heterocycles. The molecule has 11 heteroatoms. The summed E-state index contributed by atoms with van der Waals surface area (Å²) in [5.74, 6) is -0.826. The minimum absolute atomic E-state index is 0.0221. The smallest absolute Gasteiger partial charge is 0.386 e. The fraction of sp³-hybridized carbons (Fsp3) is 0.250. The van der Waals surface area contributed by atoms with E-state index in [1.807, 2.05) is 0 Å². The summed E-state index contributed by atoms with van der Waals surface area (Å²) in [4.78, 5) is 33.9. The number of alkyl halides is 3. The molecule has 2 amide bonds. The number of carbonyl (C=O) groups is 2. The van der Waals surface area contributed by atoms with Gasteiger partial charge in [-0.2, -0.15) is 13.2 Å². The van der Waals surface area contributed by atoms with Crippen LogP contribution in [0.1, 0.15) is 33.3 Å². The van der Waals surface area contributed by atoms with Crippen LogP contribution in [-0.4, -0.2) is 51.0 Å². The van der Waals surface area contributed by atoms with Gasteiger partial charge in [0.05, 0.1) is 24.4 Å². The highest BCUT2D eigenvalue weighted by molar-refractivity contribution is 6.02. The largest absolute Gasteiger partial charge is 0.416 e. The van der Waals surface area contributed by atoms with Gasteiger partial charge in [0.2, 0.25) is 5.91 Å². The molecule has 2 aromatic carbocycles. The van der Waals surface area contributed by atoms with Gasteiger partial charge in [0.15, 0.2) is 0 Å². The summed E-state index contributed by atoms with van der Waals surface area (Å²) < 4.78 is 43.8. The molecule has 2 heterocycles. The van der Waals surface area contributed by atoms with Crippen molar-refractivity contribution in [1.82, 2.24) is 14.9 Å². The second-order valence-electron chi connectivity index (χ2n) is 7.91. The third-order valence-electron chi connectivity index (χ3n) is 5.54. The van der Waals surface area contributed by atoms with E-state index in [2.05, 4.69) is 15.3 Å². The molecule has 1 aliphatic rings. The van der Waals surface area contributed by atoms with Crippen molar-refractivity contribution in [3.63, 3.8) is 0 Å². The summed E-state index contributed by atoms with van der Waals surface area (Å²) in [6.07, 6.45) is -1.39. The number of nitrogens with zero attached hydrogens (tertiary/aromatic N) is 3. The van der Waals surface area contributed by atoms with Crippen LogP contribution in [-0.2, 0) is 22.3 Å². The highest BCUT2D eigenvalue weighted by atomic mass is 19.4. The molecule has 0 saturated carbocycles. The first-order valence-corrected chi connectivity index (χ1v) is 10.6. The highest BCUT2D eigenvalue weighted by Crippen LogP contribution is 2.30. The van der Waals surface area contributed by atoms with Gasteiger partial charge in [-0.3, -0.25) is 14.6 Å². The molecule has 1 fully saturated rings. The molecule has 2 atom stereocenters. The van der Waals surface area contributed by atoms with E-state index in [-0.39, 0.29) is 31.4 Å². The zero-order valence-corrected chi connectivity index (χ0v) is 18.3. The number of amides is 2. The SMILES string of the molecule is O=C(Nc1ccc([C@@H](O)[C@H]2COCC(=O)N2Cc2ccc(C(F)(F)F)cc2)cc1)c1cnccn1. The van der Waals surface area contributed by atoms with Crippen LogP contribution < -0.4 is 5.32 Å². The maximum Gasteiger partial charge on any atom is 0.416 e. The van der Waals surface area contributed by atoms with E-state index in [9.17, 15) is 27.9 Å². The van der Waals surface area contributed by atoms with Crippen LogP contribution in [0.5, 0.6) is 0 Å². The zero-order valence-electron chi connectivity index (χ0n) is 18.3. The molecule has 0 radical (unpaired) electrons. The van der Waals surface area contributed by atoms with Crippen molar-refractivity contribution in [3.05, 3.63) is 89.5 Å². The average molecular weight is 486 g/mol. The maximum atomic E-state index is 12.8. The lowest BCUT2D eigenvalue weighted by molar-refractivity contribution is -0.155. The fourth-order valence-electron chi connectivity index (χ4n) is 3.68. The van der Waals surface area contributed by atoms with Gasteiger partial charge in [-0.25, -0.2) is 4.98 Å². The van der Waals surface area contributed by atoms with Crippen LogP contribution >= 0.6 is 0 Å². The van der Waals surface area contributed by atoms with E-state index in [1.54, 1.807) is 24.3 Å². The highest BCUT2D eigenvalue weighted by Gasteiger charge is 2.35. The first kappa shape index (κ1) is 24.3. The quantitative estimate of drug-likeness (QED) is 0.555. The summed E-state index contributed by atoms with van der Waals surface area (Å²) in [7, 11) is 0. The number of nitrogens with one attached hydrogen (secondary N) is 1. The number of aliphatic hydroxyl groups excluding tert-OH is 1. The lowest BCUT2D eigenvalue weighted by Gasteiger charge is -2.38. The summed E-state index contributed by atoms with van der Waals surface area (Å²) in [6.45, 7) is -0.107. The summed E-state index contributed by atoms with van der Waals surface area (Å²) in [5.41, 5.74) is 0.802. The number of hydrogen-bond acceptors (Lipinski definition) is 6. The summed E-state index contributed by atoms with van der Waals surface area (Å²) in [6, 6.07) is 10.2. The molecule has 0 aliphatic carbocycles. The van der Waals surface area contributed by atoms with Gasteiger partial charge in [0, 0.05) is 24.6 Å². The number of ether oxygens (including phenoxy) is 1. The Kier molecular flexibility index (Phi) is 7.08. The number of hydrogen-bond donors (Lipinski definition) is 2. The molecule has 1 aromatic heterocycles. The lowest BCUT2D eigenvalue weighted by atomic mass is 9.99. The zero-order chi connectivity index (χ0) is 25.0. The van der Waals surface area contributed by atoms with Crippen LogP contribution in [0.25, 0.3) is 0 Å². The molecular formula is C24H21F3N4O4. The van der Waals surface area contributed by atoms with Crippen molar-refractivity contribution in [1.29, 1.82) is 0 Å². The topological polar surface area (TPSA) is 105 Å². The normalized spacial score (nSPS) is 17.2. The van der Waals surface area contributed by atoms with Crippen LogP contribution in [0.2, 0.25) is 0 Å². The lowest BCUT2D eigenvalue weighted by Crippen LogP contribution is -2.51. The Hall–Kier alpha value is -3.83. The van der Waals surface area contributed by atoms with Gasteiger partial charge >= 0.3 is 6.18 Å². The van der Waals surface area contributed by atoms with Crippen LogP contribution in [0.4, 0.5) is 18.9 Å². The van der Waals surface area contributed by atoms with Crippen LogP contribution in [0.15, 0.2) is 67.1 Å². The number of carbonyl (C=O) groups excluding carboxylic acids is 2. The molecule has 3 aromatic rings. The van der Waals surface area contributed by atoms with Gasteiger partial charge in [0.1, 0.15) is 18.4 Å². The van der Waals surface area contributed by atoms with Crippen molar-refractivity contribution in [2.75, 3.05) is 18.5 Å². The third-order valence-corrected chi connectivity index (χ3v) is 5.54. The summed E-state index contributed by atoms with van der Waals surface area (Å²) in [5, 5.41) is 13.7. The minimum Gasteiger partial charge on any atom is -0.386 e. The van der Waals surface area contributed by atoms with Crippen LogP contribution in [0, 0.1) is 0 Å². The van der Waals surface area contributed by atoms with E-state index >= 15 is 0 Å². The molecule has 4 rings (SSSR count). The summed E-state index contributed by atoms with van der Waals surface area (Å²) >= 11 is 0. The first-order valence-electron chi connectivity index (χ1n) is 10.6. The number of morpholine rings is 1. The molecule has 0 unspecified atom stereocenters. The first-order chi connectivity index (χ1) is 16.7. The average Bonchev–Trinajstić information content (AvgIpc) is 2.85.